The van der Waals surface area contributed by atoms with Gasteiger partial charge in [0.2, 0.25) is 5.91 Å². The van der Waals surface area contributed by atoms with Crippen LogP contribution in [0.1, 0.15) is 20.3 Å². The summed E-state index contributed by atoms with van der Waals surface area (Å²) in [6.45, 7) is 4.59. The molecule has 100 valence electrons. The van der Waals surface area contributed by atoms with Gasteiger partial charge >= 0.3 is 0 Å². The molecule has 0 bridgehead atoms. The number of carbonyl (C=O) groups is 1. The van der Waals surface area contributed by atoms with Crippen LogP contribution in [-0.2, 0) is 4.79 Å². The molecule has 0 spiro atoms. The highest BCUT2D eigenvalue weighted by Gasteiger charge is 2.12. The molecule has 0 heterocycles. The number of nitrogen functional groups attached to an aromatic ring is 1. The zero-order valence-electron chi connectivity index (χ0n) is 11.0. The lowest BCUT2D eigenvalue weighted by atomic mass is 10.2. The fraction of sp³-hybridized carbons (Fsp3) is 0.462. The average molecular weight is 314 g/mol. The number of carbonyl (C=O) groups excluding carboxylic acids is 1. The lowest BCUT2D eigenvalue weighted by Gasteiger charge is -2.22. The zero-order chi connectivity index (χ0) is 13.7. The molecule has 18 heavy (non-hydrogen) atoms. The lowest BCUT2D eigenvalue weighted by Crippen LogP contribution is -2.36. The van der Waals surface area contributed by atoms with Gasteiger partial charge < -0.3 is 11.1 Å². The van der Waals surface area contributed by atoms with E-state index in [1.807, 2.05) is 11.9 Å². The molecular formula is C13H20BrN3O. The van der Waals surface area contributed by atoms with E-state index in [2.05, 4.69) is 35.1 Å². The first-order chi connectivity index (χ1) is 8.43. The summed E-state index contributed by atoms with van der Waals surface area (Å²) in [4.78, 5) is 13.9. The van der Waals surface area contributed by atoms with Crippen molar-refractivity contribution in [1.82, 2.24) is 4.90 Å². The summed E-state index contributed by atoms with van der Waals surface area (Å²) in [6, 6.07) is 5.72. The maximum Gasteiger partial charge on any atom is 0.238 e. The Kier molecular flexibility index (Phi) is 5.62. The number of rotatable bonds is 5. The van der Waals surface area contributed by atoms with Crippen LogP contribution < -0.4 is 11.1 Å². The molecule has 0 aromatic heterocycles. The second kappa shape index (κ2) is 6.75. The summed E-state index contributed by atoms with van der Waals surface area (Å²) >= 11 is 3.38. The minimum atomic E-state index is -0.0247. The first-order valence-corrected chi connectivity index (χ1v) is 6.78. The smallest absolute Gasteiger partial charge is 0.238 e. The number of hydrogen-bond donors (Lipinski definition) is 2. The van der Waals surface area contributed by atoms with Gasteiger partial charge in [0.25, 0.3) is 0 Å². The number of anilines is 2. The normalized spacial score (nSPS) is 12.5. The molecule has 1 rings (SSSR count). The predicted molar refractivity (Wildman–Crippen MR) is 79.6 cm³/mol. The monoisotopic (exact) mass is 313 g/mol. The van der Waals surface area contributed by atoms with Crippen LogP contribution >= 0.6 is 15.9 Å². The van der Waals surface area contributed by atoms with Gasteiger partial charge in [0.15, 0.2) is 0 Å². The molecule has 1 amide bonds. The number of likely N-dealkylation sites (N-methyl/N-ethyl adjacent to an activating group) is 1. The Morgan fingerprint density at radius 2 is 2.22 bits per heavy atom. The fourth-order valence-corrected chi connectivity index (χ4v) is 2.01. The number of hydrogen-bond acceptors (Lipinski definition) is 3. The number of benzene rings is 1. The van der Waals surface area contributed by atoms with Crippen molar-refractivity contribution in [2.75, 3.05) is 24.6 Å². The van der Waals surface area contributed by atoms with Crippen molar-refractivity contribution in [3.8, 4) is 0 Å². The quantitative estimate of drug-likeness (QED) is 0.822. The zero-order valence-corrected chi connectivity index (χ0v) is 12.6. The molecule has 0 saturated carbocycles. The van der Waals surface area contributed by atoms with Crippen molar-refractivity contribution in [3.63, 3.8) is 0 Å². The maximum absolute atomic E-state index is 11.9. The van der Waals surface area contributed by atoms with E-state index in [9.17, 15) is 4.79 Å². The summed E-state index contributed by atoms with van der Waals surface area (Å²) in [5, 5.41) is 2.86. The number of nitrogens with zero attached hydrogens (tertiary/aromatic N) is 1. The van der Waals surface area contributed by atoms with Gasteiger partial charge in [0.05, 0.1) is 12.2 Å². The summed E-state index contributed by atoms with van der Waals surface area (Å²) < 4.78 is 0.794. The van der Waals surface area contributed by atoms with E-state index in [1.54, 1.807) is 18.2 Å². The molecule has 1 unspecified atom stereocenters. The third-order valence-electron chi connectivity index (χ3n) is 3.00. The SMILES string of the molecule is CCC(C)N(C)CC(=O)Nc1ccc(N)cc1Br. The number of halogens is 1. The molecular weight excluding hydrogens is 294 g/mol. The van der Waals surface area contributed by atoms with Crippen molar-refractivity contribution in [1.29, 1.82) is 0 Å². The van der Waals surface area contributed by atoms with E-state index in [0.29, 0.717) is 18.3 Å². The van der Waals surface area contributed by atoms with Crippen LogP contribution in [0.4, 0.5) is 11.4 Å². The Bertz CT molecular complexity index is 423. The van der Waals surface area contributed by atoms with E-state index >= 15 is 0 Å². The number of nitrogens with two attached hydrogens (primary N) is 1. The van der Waals surface area contributed by atoms with Gasteiger partial charge in [-0.25, -0.2) is 0 Å². The van der Waals surface area contributed by atoms with E-state index in [1.165, 1.54) is 0 Å². The molecule has 3 N–H and O–H groups in total. The van der Waals surface area contributed by atoms with Crippen molar-refractivity contribution in [3.05, 3.63) is 22.7 Å². The van der Waals surface area contributed by atoms with E-state index < -0.39 is 0 Å². The maximum atomic E-state index is 11.9. The Balaban J connectivity index is 2.59. The summed E-state index contributed by atoms with van der Waals surface area (Å²) in [5.41, 5.74) is 7.05. The van der Waals surface area contributed by atoms with Crippen molar-refractivity contribution in [2.24, 2.45) is 0 Å². The van der Waals surface area contributed by atoms with Gasteiger partial charge in [0, 0.05) is 16.2 Å². The van der Waals surface area contributed by atoms with E-state index in [4.69, 9.17) is 5.73 Å². The average Bonchev–Trinajstić information content (AvgIpc) is 2.31. The first kappa shape index (κ1) is 15.0. The second-order valence-electron chi connectivity index (χ2n) is 4.46. The molecule has 0 radical (unpaired) electrons. The number of nitrogens with one attached hydrogen (secondary N) is 1. The van der Waals surface area contributed by atoms with Crippen LogP contribution in [0, 0.1) is 0 Å². The molecule has 0 aliphatic carbocycles. The Hall–Kier alpha value is -1.07. The predicted octanol–water partition coefficient (Wildman–Crippen LogP) is 2.70. The van der Waals surface area contributed by atoms with Crippen LogP contribution in [-0.4, -0.2) is 30.4 Å². The summed E-state index contributed by atoms with van der Waals surface area (Å²) in [6.07, 6.45) is 1.02. The topological polar surface area (TPSA) is 58.4 Å². The van der Waals surface area contributed by atoms with E-state index in [-0.39, 0.29) is 5.91 Å². The van der Waals surface area contributed by atoms with Crippen LogP contribution in [0.25, 0.3) is 0 Å². The van der Waals surface area contributed by atoms with Crippen molar-refractivity contribution >= 4 is 33.2 Å². The van der Waals surface area contributed by atoms with Gasteiger partial charge in [0.1, 0.15) is 0 Å². The highest BCUT2D eigenvalue weighted by molar-refractivity contribution is 9.10. The second-order valence-corrected chi connectivity index (χ2v) is 5.31. The third kappa shape index (κ3) is 4.31. The standard InChI is InChI=1S/C13H20BrN3O/c1-4-9(2)17(3)8-13(18)16-12-6-5-10(15)7-11(12)14/h5-7,9H,4,8,15H2,1-3H3,(H,16,18). The molecule has 4 nitrogen and oxygen atoms in total. The van der Waals surface area contributed by atoms with Crippen molar-refractivity contribution in [2.45, 2.75) is 26.3 Å². The van der Waals surface area contributed by atoms with Crippen LogP contribution in [0.15, 0.2) is 22.7 Å². The van der Waals surface area contributed by atoms with Gasteiger partial charge in [-0.05, 0) is 54.5 Å². The Labute approximate surface area is 117 Å². The molecule has 0 aliphatic heterocycles. The highest BCUT2D eigenvalue weighted by atomic mass is 79.9. The molecule has 1 aromatic rings. The van der Waals surface area contributed by atoms with Crippen LogP contribution in [0.5, 0.6) is 0 Å². The molecule has 0 aliphatic rings. The highest BCUT2D eigenvalue weighted by Crippen LogP contribution is 2.24. The van der Waals surface area contributed by atoms with Gasteiger partial charge in [-0.2, -0.15) is 0 Å². The molecule has 0 fully saturated rings. The van der Waals surface area contributed by atoms with Crippen LogP contribution in [0.2, 0.25) is 0 Å². The molecule has 1 atom stereocenters. The minimum Gasteiger partial charge on any atom is -0.399 e. The van der Waals surface area contributed by atoms with Gasteiger partial charge in [-0.1, -0.05) is 6.92 Å². The van der Waals surface area contributed by atoms with Gasteiger partial charge in [-0.3, -0.25) is 9.69 Å². The Morgan fingerprint density at radius 3 is 2.78 bits per heavy atom. The van der Waals surface area contributed by atoms with Gasteiger partial charge in [-0.15, -0.1) is 0 Å². The third-order valence-corrected chi connectivity index (χ3v) is 3.66. The lowest BCUT2D eigenvalue weighted by molar-refractivity contribution is -0.117. The van der Waals surface area contributed by atoms with Crippen LogP contribution in [0.3, 0.4) is 0 Å². The Morgan fingerprint density at radius 1 is 1.56 bits per heavy atom. The molecule has 0 saturated heterocycles. The van der Waals surface area contributed by atoms with Crippen molar-refractivity contribution < 1.29 is 4.79 Å². The largest absolute Gasteiger partial charge is 0.399 e. The fourth-order valence-electron chi connectivity index (χ4n) is 1.52. The minimum absolute atomic E-state index is 0.0247. The summed E-state index contributed by atoms with van der Waals surface area (Å²) in [5.74, 6) is -0.0247. The molecule has 1 aromatic carbocycles. The summed E-state index contributed by atoms with van der Waals surface area (Å²) in [7, 11) is 1.95. The molecule has 5 heteroatoms. The first-order valence-electron chi connectivity index (χ1n) is 5.99. The number of amides is 1. The van der Waals surface area contributed by atoms with E-state index in [0.717, 1.165) is 16.6 Å².